The normalized spacial score (nSPS) is 11.7. The molecule has 0 aliphatic carbocycles. The van der Waals surface area contributed by atoms with Crippen LogP contribution in [0.15, 0.2) is 39.8 Å². The minimum atomic E-state index is 0.652. The summed E-state index contributed by atoms with van der Waals surface area (Å²) in [5.41, 5.74) is 6.46. The molecular weight excluding hydrogens is 352 g/mol. The molecular formula is C21H28N6O. The Morgan fingerprint density at radius 3 is 2.57 bits per heavy atom. The summed E-state index contributed by atoms with van der Waals surface area (Å²) in [6, 6.07) is 10.4. The molecule has 1 aromatic carbocycles. The Morgan fingerprint density at radius 2 is 1.93 bits per heavy atom. The van der Waals surface area contributed by atoms with Crippen LogP contribution in [0.4, 0.5) is 0 Å². The fraction of sp³-hybridized carbons (Fsp3) is 0.381. The van der Waals surface area contributed by atoms with Crippen LogP contribution in [0.3, 0.4) is 0 Å². The average Bonchev–Trinajstić information content (AvgIpc) is 3.19. The van der Waals surface area contributed by atoms with Crippen LogP contribution in [0.5, 0.6) is 0 Å². The number of hydrogen-bond donors (Lipinski definition) is 2. The number of para-hydroxylation sites is 1. The molecule has 0 fully saturated rings. The zero-order chi connectivity index (χ0) is 20.1. The first-order valence-corrected chi connectivity index (χ1v) is 9.47. The molecule has 0 spiro atoms. The second-order valence-electron chi connectivity index (χ2n) is 6.87. The molecule has 7 heteroatoms. The molecule has 3 aromatic rings. The fourth-order valence-electron chi connectivity index (χ4n) is 3.30. The summed E-state index contributed by atoms with van der Waals surface area (Å²) in [6.07, 6.45) is 0.838. The van der Waals surface area contributed by atoms with Gasteiger partial charge in [-0.05, 0) is 51.8 Å². The van der Waals surface area contributed by atoms with Gasteiger partial charge in [-0.2, -0.15) is 5.10 Å². The van der Waals surface area contributed by atoms with Gasteiger partial charge in [-0.1, -0.05) is 23.4 Å². The molecule has 148 valence electrons. The van der Waals surface area contributed by atoms with Crippen molar-refractivity contribution in [1.29, 1.82) is 0 Å². The number of nitrogens with one attached hydrogen (secondary N) is 2. The van der Waals surface area contributed by atoms with Gasteiger partial charge in [0.25, 0.3) is 0 Å². The molecule has 2 aromatic heterocycles. The lowest BCUT2D eigenvalue weighted by atomic mass is 10.1. The summed E-state index contributed by atoms with van der Waals surface area (Å²) in [5.74, 6) is 1.64. The van der Waals surface area contributed by atoms with Gasteiger partial charge in [0.2, 0.25) is 0 Å². The van der Waals surface area contributed by atoms with Gasteiger partial charge in [0.05, 0.1) is 17.1 Å². The Morgan fingerprint density at radius 1 is 1.14 bits per heavy atom. The van der Waals surface area contributed by atoms with E-state index in [1.165, 1.54) is 0 Å². The van der Waals surface area contributed by atoms with E-state index in [0.717, 1.165) is 58.6 Å². The Balaban J connectivity index is 1.62. The molecule has 2 N–H and O–H groups in total. The van der Waals surface area contributed by atoms with E-state index in [-0.39, 0.29) is 0 Å². The number of hydrogen-bond acceptors (Lipinski definition) is 4. The lowest BCUT2D eigenvalue weighted by molar-refractivity contribution is 0.392. The minimum Gasteiger partial charge on any atom is -0.361 e. The maximum absolute atomic E-state index is 5.22. The number of benzene rings is 1. The maximum atomic E-state index is 5.22. The van der Waals surface area contributed by atoms with Crippen LogP contribution in [0, 0.1) is 27.7 Å². The molecule has 0 unspecified atom stereocenters. The number of nitrogens with zero attached hydrogens (tertiary/aromatic N) is 4. The maximum Gasteiger partial charge on any atom is 0.191 e. The highest BCUT2D eigenvalue weighted by Gasteiger charge is 2.10. The number of aliphatic imine (C=N–C) groups is 1. The number of rotatable bonds is 6. The van der Waals surface area contributed by atoms with Crippen LogP contribution in [-0.2, 0) is 13.0 Å². The average molecular weight is 380 g/mol. The van der Waals surface area contributed by atoms with Crippen molar-refractivity contribution >= 4 is 5.96 Å². The summed E-state index contributed by atoms with van der Waals surface area (Å²) < 4.78 is 7.21. The molecule has 7 nitrogen and oxygen atoms in total. The standard InChI is InChI=1S/C21H28N6O/c1-14-12-15(2)27(25-14)20-9-7-6-8-18(20)13-24-21(22-5)23-11-10-19-16(3)26-28-17(19)4/h6-9,12H,10-11,13H2,1-5H3,(H2,22,23,24). The smallest absolute Gasteiger partial charge is 0.191 e. The predicted octanol–water partition coefficient (Wildman–Crippen LogP) is 3.00. The third-order valence-corrected chi connectivity index (χ3v) is 4.75. The number of guanidine groups is 1. The summed E-state index contributed by atoms with van der Waals surface area (Å²) >= 11 is 0. The Kier molecular flexibility index (Phi) is 6.13. The van der Waals surface area contributed by atoms with Gasteiger partial charge < -0.3 is 15.2 Å². The largest absolute Gasteiger partial charge is 0.361 e. The van der Waals surface area contributed by atoms with E-state index >= 15 is 0 Å². The zero-order valence-electron chi connectivity index (χ0n) is 17.2. The molecule has 0 amide bonds. The first-order valence-electron chi connectivity index (χ1n) is 9.47. The second-order valence-corrected chi connectivity index (χ2v) is 6.87. The van der Waals surface area contributed by atoms with Gasteiger partial charge in [0, 0.05) is 31.4 Å². The number of aryl methyl sites for hydroxylation is 4. The lowest BCUT2D eigenvalue weighted by Crippen LogP contribution is -2.38. The lowest BCUT2D eigenvalue weighted by Gasteiger charge is -2.15. The van der Waals surface area contributed by atoms with Crippen molar-refractivity contribution in [3.63, 3.8) is 0 Å². The third kappa shape index (κ3) is 4.42. The summed E-state index contributed by atoms with van der Waals surface area (Å²) in [4.78, 5) is 4.32. The first-order chi connectivity index (χ1) is 13.5. The fourth-order valence-corrected chi connectivity index (χ4v) is 3.30. The van der Waals surface area contributed by atoms with Crippen molar-refractivity contribution in [3.8, 4) is 5.69 Å². The van der Waals surface area contributed by atoms with Crippen molar-refractivity contribution in [1.82, 2.24) is 25.6 Å². The van der Waals surface area contributed by atoms with Crippen LogP contribution < -0.4 is 10.6 Å². The Hall–Kier alpha value is -3.09. The van der Waals surface area contributed by atoms with Gasteiger partial charge in [-0.25, -0.2) is 4.68 Å². The van der Waals surface area contributed by atoms with Crippen molar-refractivity contribution in [3.05, 3.63) is 64.3 Å². The molecule has 0 radical (unpaired) electrons. The zero-order valence-corrected chi connectivity index (χ0v) is 17.2. The number of aromatic nitrogens is 3. The van der Waals surface area contributed by atoms with E-state index in [1.54, 1.807) is 7.05 Å². The van der Waals surface area contributed by atoms with Gasteiger partial charge in [0.15, 0.2) is 5.96 Å². The van der Waals surface area contributed by atoms with E-state index in [4.69, 9.17) is 4.52 Å². The summed E-state index contributed by atoms with van der Waals surface area (Å²) in [6.45, 7) is 9.39. The summed E-state index contributed by atoms with van der Waals surface area (Å²) in [7, 11) is 1.78. The molecule has 0 bridgehead atoms. The molecule has 0 atom stereocenters. The molecule has 0 saturated heterocycles. The van der Waals surface area contributed by atoms with Gasteiger partial charge >= 0.3 is 0 Å². The first kappa shape index (κ1) is 19.7. The quantitative estimate of drug-likeness (QED) is 0.508. The monoisotopic (exact) mass is 380 g/mol. The van der Waals surface area contributed by atoms with Crippen LogP contribution in [-0.4, -0.2) is 34.5 Å². The van der Waals surface area contributed by atoms with E-state index < -0.39 is 0 Å². The highest BCUT2D eigenvalue weighted by atomic mass is 16.5. The SMILES string of the molecule is CN=C(NCCc1c(C)noc1C)NCc1ccccc1-n1nc(C)cc1C. The summed E-state index contributed by atoms with van der Waals surface area (Å²) in [5, 5.41) is 15.4. The van der Waals surface area contributed by atoms with Crippen LogP contribution in [0.25, 0.3) is 5.69 Å². The molecule has 0 aliphatic rings. The second kappa shape index (κ2) is 8.73. The van der Waals surface area contributed by atoms with E-state index in [9.17, 15) is 0 Å². The van der Waals surface area contributed by atoms with Crippen molar-refractivity contribution < 1.29 is 4.52 Å². The topological polar surface area (TPSA) is 80.3 Å². The van der Waals surface area contributed by atoms with Gasteiger partial charge in [-0.3, -0.25) is 4.99 Å². The molecule has 0 aliphatic heterocycles. The van der Waals surface area contributed by atoms with Gasteiger partial charge in [-0.15, -0.1) is 0 Å². The van der Waals surface area contributed by atoms with Crippen LogP contribution in [0.1, 0.15) is 34.0 Å². The molecule has 0 saturated carbocycles. The van der Waals surface area contributed by atoms with Crippen LogP contribution in [0.2, 0.25) is 0 Å². The van der Waals surface area contributed by atoms with Crippen LogP contribution >= 0.6 is 0 Å². The molecule has 28 heavy (non-hydrogen) atoms. The van der Waals surface area contributed by atoms with Gasteiger partial charge in [0.1, 0.15) is 5.76 Å². The molecule has 2 heterocycles. The van der Waals surface area contributed by atoms with Crippen molar-refractivity contribution in [2.45, 2.75) is 40.7 Å². The van der Waals surface area contributed by atoms with E-state index in [0.29, 0.717) is 6.54 Å². The highest BCUT2D eigenvalue weighted by molar-refractivity contribution is 5.79. The highest BCUT2D eigenvalue weighted by Crippen LogP contribution is 2.17. The van der Waals surface area contributed by atoms with Crippen molar-refractivity contribution in [2.24, 2.45) is 4.99 Å². The Bertz CT molecular complexity index is 950. The minimum absolute atomic E-state index is 0.652. The van der Waals surface area contributed by atoms with Crippen molar-refractivity contribution in [2.75, 3.05) is 13.6 Å². The van der Waals surface area contributed by atoms with E-state index in [2.05, 4.69) is 51.0 Å². The van der Waals surface area contributed by atoms with E-state index in [1.807, 2.05) is 37.6 Å². The third-order valence-electron chi connectivity index (χ3n) is 4.75. The predicted molar refractivity (Wildman–Crippen MR) is 111 cm³/mol. The Labute approximate surface area is 165 Å². The molecule has 3 rings (SSSR count).